The fraction of sp³-hybridized carbons (Fsp3) is 0.500. The lowest BCUT2D eigenvalue weighted by Crippen LogP contribution is -2.44. The second-order valence-electron chi connectivity index (χ2n) is 1.16. The summed E-state index contributed by atoms with van der Waals surface area (Å²) in [7, 11) is 0. The number of hydrogen-bond donors (Lipinski definition) is 3. The molecule has 4 N–H and O–H groups in total. The highest BCUT2D eigenvalue weighted by molar-refractivity contribution is 5.55. The Morgan fingerprint density at radius 3 is 2.86 bits per heavy atom. The molecule has 5 heteroatoms. The topological polar surface area (TPSA) is 73.9 Å². The van der Waals surface area contributed by atoms with Crippen molar-refractivity contribution in [1.82, 2.24) is 10.5 Å². The molecule has 1 unspecified atom stereocenters. The Kier molecular flexibility index (Phi) is 0.935. The summed E-state index contributed by atoms with van der Waals surface area (Å²) in [4.78, 5) is 3.44. The van der Waals surface area contributed by atoms with Crippen LogP contribution in [0.25, 0.3) is 0 Å². The molecule has 1 aliphatic rings. The Bertz CT molecular complexity index is 91.7. The van der Waals surface area contributed by atoms with Crippen molar-refractivity contribution in [2.24, 2.45) is 10.8 Å². The van der Waals surface area contributed by atoms with Crippen LogP contribution in [0.5, 0.6) is 0 Å². The first kappa shape index (κ1) is 4.51. The highest BCUT2D eigenvalue weighted by atomic mass is 16.3. The quantitative estimate of drug-likeness (QED) is 0.309. The third kappa shape index (κ3) is 0.687. The van der Waals surface area contributed by atoms with Crippen molar-refractivity contribution in [2.75, 3.05) is 0 Å². The number of aliphatic hydroxyl groups excluding tert-OH is 1. The third-order valence-electron chi connectivity index (χ3n) is 0.663. The molecule has 0 fully saturated rings. The Morgan fingerprint density at radius 2 is 2.71 bits per heavy atom. The molecule has 0 spiro atoms. The largest absolute Gasteiger partial charge is 0.357 e. The van der Waals surface area contributed by atoms with E-state index in [1.165, 1.54) is 6.34 Å². The number of hydrogen-bond acceptors (Lipinski definition) is 5. The van der Waals surface area contributed by atoms with Gasteiger partial charge in [-0.3, -0.25) is 5.43 Å². The van der Waals surface area contributed by atoms with Crippen LogP contribution in [0.2, 0.25) is 0 Å². The number of nitrogens with two attached hydrogens (primary N) is 1. The normalized spacial score (nSPS) is 30.9. The molecule has 0 saturated heterocycles. The van der Waals surface area contributed by atoms with Gasteiger partial charge in [-0.15, -0.1) is 5.12 Å². The zero-order valence-corrected chi connectivity index (χ0v) is 3.57. The van der Waals surface area contributed by atoms with Crippen molar-refractivity contribution in [3.8, 4) is 0 Å². The van der Waals surface area contributed by atoms with E-state index in [4.69, 9.17) is 10.9 Å². The molecule has 40 valence electrons. The zero-order valence-electron chi connectivity index (χ0n) is 3.57. The molecular formula is C2H6N4O. The second-order valence-corrected chi connectivity index (χ2v) is 1.16. The van der Waals surface area contributed by atoms with Crippen LogP contribution in [-0.4, -0.2) is 22.9 Å². The maximum atomic E-state index is 8.54. The number of rotatable bonds is 0. The highest BCUT2D eigenvalue weighted by Crippen LogP contribution is 1.88. The number of nitrogens with zero attached hydrogens (tertiary/aromatic N) is 2. The summed E-state index contributed by atoms with van der Waals surface area (Å²) >= 11 is 0. The maximum Gasteiger partial charge on any atom is 0.236 e. The van der Waals surface area contributed by atoms with Crippen LogP contribution in [0.1, 0.15) is 0 Å². The van der Waals surface area contributed by atoms with E-state index in [1.54, 1.807) is 0 Å². The smallest absolute Gasteiger partial charge is 0.236 e. The fourth-order valence-corrected chi connectivity index (χ4v) is 0.305. The van der Waals surface area contributed by atoms with E-state index in [-0.39, 0.29) is 0 Å². The predicted octanol–water partition coefficient (Wildman–Crippen LogP) is -2.02. The van der Waals surface area contributed by atoms with E-state index in [0.29, 0.717) is 0 Å². The zero-order chi connectivity index (χ0) is 5.28. The van der Waals surface area contributed by atoms with Gasteiger partial charge >= 0.3 is 0 Å². The lowest BCUT2D eigenvalue weighted by Gasteiger charge is -2.09. The van der Waals surface area contributed by atoms with Crippen molar-refractivity contribution in [3.05, 3.63) is 0 Å². The summed E-state index contributed by atoms with van der Waals surface area (Å²) in [5.74, 6) is 5.03. The van der Waals surface area contributed by atoms with Crippen LogP contribution < -0.4 is 11.3 Å². The van der Waals surface area contributed by atoms with Crippen molar-refractivity contribution in [3.63, 3.8) is 0 Å². The maximum absolute atomic E-state index is 8.54. The lowest BCUT2D eigenvalue weighted by atomic mass is 11.0. The minimum absolute atomic E-state index is 0.917. The predicted molar refractivity (Wildman–Crippen MR) is 23.7 cm³/mol. The highest BCUT2D eigenvalue weighted by Gasteiger charge is 2.11. The molecule has 1 aliphatic heterocycles. The molecule has 0 radical (unpaired) electrons. The third-order valence-corrected chi connectivity index (χ3v) is 0.663. The van der Waals surface area contributed by atoms with Crippen LogP contribution in [0.4, 0.5) is 0 Å². The molecule has 0 bridgehead atoms. The van der Waals surface area contributed by atoms with Gasteiger partial charge in [-0.1, -0.05) is 0 Å². The van der Waals surface area contributed by atoms with E-state index < -0.39 is 6.35 Å². The summed E-state index contributed by atoms with van der Waals surface area (Å²) in [5, 5.41) is 9.52. The van der Waals surface area contributed by atoms with Gasteiger partial charge in [0.2, 0.25) is 6.35 Å². The average Bonchev–Trinajstić information content (AvgIpc) is 1.91. The van der Waals surface area contributed by atoms with Gasteiger partial charge in [0.25, 0.3) is 0 Å². The summed E-state index contributed by atoms with van der Waals surface area (Å²) in [6.07, 6.45) is 0.407. The molecule has 5 nitrogen and oxygen atoms in total. The average molecular weight is 102 g/mol. The molecule has 0 saturated carbocycles. The molecule has 7 heavy (non-hydrogen) atoms. The van der Waals surface area contributed by atoms with Gasteiger partial charge in [-0.25, -0.2) is 10.8 Å². The molecule has 1 heterocycles. The van der Waals surface area contributed by atoms with Gasteiger partial charge in [-0.05, 0) is 0 Å². The fourth-order valence-electron chi connectivity index (χ4n) is 0.305. The van der Waals surface area contributed by atoms with Gasteiger partial charge in [0, 0.05) is 0 Å². The Hall–Kier alpha value is -0.650. The lowest BCUT2D eigenvalue weighted by molar-refractivity contribution is 0.00729. The molecular weight excluding hydrogens is 96.0 g/mol. The van der Waals surface area contributed by atoms with Crippen LogP contribution in [0, 0.1) is 0 Å². The number of aliphatic hydroxyl groups is 1. The van der Waals surface area contributed by atoms with E-state index in [9.17, 15) is 0 Å². The van der Waals surface area contributed by atoms with Crippen LogP contribution in [0.3, 0.4) is 0 Å². The first-order valence-electron chi connectivity index (χ1n) is 1.80. The van der Waals surface area contributed by atoms with E-state index in [0.717, 1.165) is 5.12 Å². The summed E-state index contributed by atoms with van der Waals surface area (Å²) in [6.45, 7) is 0. The second kappa shape index (κ2) is 1.45. The van der Waals surface area contributed by atoms with Gasteiger partial charge < -0.3 is 5.11 Å². The molecule has 1 rings (SSSR count). The molecule has 0 aliphatic carbocycles. The van der Waals surface area contributed by atoms with E-state index in [1.807, 2.05) is 0 Å². The van der Waals surface area contributed by atoms with Gasteiger partial charge in [0.1, 0.15) is 6.34 Å². The standard InChI is InChI=1S/C2H6N4O/c3-6-2(7)4-1-5-6/h1-2,7H,3H2,(H,4,5). The first-order valence-corrected chi connectivity index (χ1v) is 1.80. The van der Waals surface area contributed by atoms with Gasteiger partial charge in [-0.2, -0.15) is 0 Å². The minimum Gasteiger partial charge on any atom is -0.357 e. The summed E-state index contributed by atoms with van der Waals surface area (Å²) < 4.78 is 0. The Balaban J connectivity index is 2.45. The van der Waals surface area contributed by atoms with Crippen molar-refractivity contribution in [2.45, 2.75) is 6.35 Å². The van der Waals surface area contributed by atoms with Gasteiger partial charge in [0.15, 0.2) is 0 Å². The SMILES string of the molecule is NN1NC=NC1O. The number of hydrazine groups is 2. The molecule has 0 aromatic carbocycles. The molecule has 0 amide bonds. The van der Waals surface area contributed by atoms with E-state index >= 15 is 0 Å². The Morgan fingerprint density at radius 1 is 2.00 bits per heavy atom. The molecule has 0 aromatic rings. The molecule has 1 atom stereocenters. The van der Waals surface area contributed by atoms with Crippen LogP contribution in [0.15, 0.2) is 4.99 Å². The number of aliphatic imine (C=N–C) groups is 1. The minimum atomic E-state index is -0.917. The van der Waals surface area contributed by atoms with E-state index in [2.05, 4.69) is 10.4 Å². The Labute approximate surface area is 40.4 Å². The van der Waals surface area contributed by atoms with Crippen LogP contribution in [-0.2, 0) is 0 Å². The van der Waals surface area contributed by atoms with Crippen molar-refractivity contribution in [1.29, 1.82) is 0 Å². The van der Waals surface area contributed by atoms with Crippen molar-refractivity contribution < 1.29 is 5.11 Å². The monoisotopic (exact) mass is 102 g/mol. The first-order chi connectivity index (χ1) is 3.30. The van der Waals surface area contributed by atoms with Crippen LogP contribution >= 0.6 is 0 Å². The summed E-state index contributed by atoms with van der Waals surface area (Å²) in [5.41, 5.74) is 2.44. The summed E-state index contributed by atoms with van der Waals surface area (Å²) in [6, 6.07) is 0. The van der Waals surface area contributed by atoms with Crippen molar-refractivity contribution >= 4 is 6.34 Å². The number of nitrogens with one attached hydrogen (secondary N) is 1. The molecule has 0 aromatic heterocycles. The van der Waals surface area contributed by atoms with Gasteiger partial charge in [0.05, 0.1) is 0 Å².